The fraction of sp³-hybridized carbons (Fsp3) is 0.417. The molecule has 2 N–H and O–H groups in total. The summed E-state index contributed by atoms with van der Waals surface area (Å²) in [6, 6.07) is 6.41. The zero-order chi connectivity index (χ0) is 13.4. The van der Waals surface area contributed by atoms with E-state index in [4.69, 9.17) is 5.11 Å². The highest BCUT2D eigenvalue weighted by atomic mass is 32.2. The molecular formula is C12H15NO4S. The van der Waals surface area contributed by atoms with Crippen molar-refractivity contribution in [2.45, 2.75) is 36.6 Å². The Balaban J connectivity index is 2.30. The van der Waals surface area contributed by atoms with Crippen LogP contribution in [-0.4, -0.2) is 25.0 Å². The Bertz CT molecular complexity index is 575. The van der Waals surface area contributed by atoms with Crippen molar-refractivity contribution < 1.29 is 18.3 Å². The van der Waals surface area contributed by atoms with Crippen LogP contribution in [0.5, 0.6) is 0 Å². The largest absolute Gasteiger partial charge is 0.480 e. The van der Waals surface area contributed by atoms with Crippen LogP contribution in [0.1, 0.15) is 24.8 Å². The van der Waals surface area contributed by atoms with E-state index < -0.39 is 21.5 Å². The van der Waals surface area contributed by atoms with E-state index in [9.17, 15) is 13.2 Å². The number of aliphatic carboxylic acids is 1. The van der Waals surface area contributed by atoms with Crippen molar-refractivity contribution in [2.24, 2.45) is 0 Å². The number of rotatable bonds is 4. The van der Waals surface area contributed by atoms with Gasteiger partial charge in [-0.1, -0.05) is 12.1 Å². The van der Waals surface area contributed by atoms with E-state index >= 15 is 0 Å². The average molecular weight is 269 g/mol. The number of benzene rings is 1. The second-order valence-corrected chi connectivity index (χ2v) is 6.35. The minimum Gasteiger partial charge on any atom is -0.480 e. The van der Waals surface area contributed by atoms with Crippen LogP contribution in [0.3, 0.4) is 0 Å². The Hall–Kier alpha value is -1.40. The lowest BCUT2D eigenvalue weighted by Crippen LogP contribution is -2.58. The molecule has 0 spiro atoms. The first kappa shape index (κ1) is 13.0. The van der Waals surface area contributed by atoms with E-state index in [1.807, 2.05) is 0 Å². The summed E-state index contributed by atoms with van der Waals surface area (Å²) in [7, 11) is -3.78. The summed E-state index contributed by atoms with van der Waals surface area (Å²) in [4.78, 5) is 11.3. The fourth-order valence-corrected chi connectivity index (χ4v) is 3.51. The summed E-state index contributed by atoms with van der Waals surface area (Å²) in [5, 5.41) is 9.12. The predicted molar refractivity (Wildman–Crippen MR) is 65.7 cm³/mol. The van der Waals surface area contributed by atoms with Crippen LogP contribution < -0.4 is 4.72 Å². The van der Waals surface area contributed by atoms with Gasteiger partial charge in [0.2, 0.25) is 10.0 Å². The van der Waals surface area contributed by atoms with E-state index in [0.29, 0.717) is 12.8 Å². The molecule has 0 bridgehead atoms. The number of hydrogen-bond donors (Lipinski definition) is 2. The van der Waals surface area contributed by atoms with Gasteiger partial charge in [-0.15, -0.1) is 0 Å². The monoisotopic (exact) mass is 269 g/mol. The molecule has 1 aliphatic rings. The predicted octanol–water partition coefficient (Wildman–Crippen LogP) is 1.28. The van der Waals surface area contributed by atoms with Gasteiger partial charge in [-0.25, -0.2) is 8.42 Å². The molecular weight excluding hydrogens is 254 g/mol. The lowest BCUT2D eigenvalue weighted by Gasteiger charge is -2.37. The van der Waals surface area contributed by atoms with Gasteiger partial charge in [0.15, 0.2) is 0 Å². The van der Waals surface area contributed by atoms with Crippen LogP contribution in [0.2, 0.25) is 0 Å². The highest BCUT2D eigenvalue weighted by Gasteiger charge is 2.47. The molecule has 0 saturated heterocycles. The number of nitrogens with one attached hydrogen (secondary N) is 1. The van der Waals surface area contributed by atoms with Crippen molar-refractivity contribution in [3.05, 3.63) is 29.8 Å². The van der Waals surface area contributed by atoms with E-state index in [2.05, 4.69) is 4.72 Å². The van der Waals surface area contributed by atoms with E-state index in [1.54, 1.807) is 19.1 Å². The summed E-state index contributed by atoms with van der Waals surface area (Å²) < 4.78 is 26.6. The van der Waals surface area contributed by atoms with Crippen molar-refractivity contribution in [1.82, 2.24) is 4.72 Å². The Kier molecular flexibility index (Phi) is 3.16. The Morgan fingerprint density at radius 2 is 2.06 bits per heavy atom. The Morgan fingerprint density at radius 3 is 2.50 bits per heavy atom. The van der Waals surface area contributed by atoms with E-state index in [-0.39, 0.29) is 4.90 Å². The van der Waals surface area contributed by atoms with Gasteiger partial charge in [-0.05, 0) is 43.9 Å². The second kappa shape index (κ2) is 4.37. The zero-order valence-corrected chi connectivity index (χ0v) is 10.8. The van der Waals surface area contributed by atoms with Crippen LogP contribution in [0.4, 0.5) is 0 Å². The summed E-state index contributed by atoms with van der Waals surface area (Å²) in [5.41, 5.74) is -0.501. The lowest BCUT2D eigenvalue weighted by atomic mass is 9.78. The molecule has 0 unspecified atom stereocenters. The van der Waals surface area contributed by atoms with Crippen molar-refractivity contribution >= 4 is 16.0 Å². The second-order valence-electron chi connectivity index (χ2n) is 4.66. The minimum absolute atomic E-state index is 0.107. The maximum atomic E-state index is 12.1. The van der Waals surface area contributed by atoms with Crippen LogP contribution >= 0.6 is 0 Å². The molecule has 1 aliphatic carbocycles. The highest BCUT2D eigenvalue weighted by Crippen LogP contribution is 2.33. The first-order valence-electron chi connectivity index (χ1n) is 5.70. The van der Waals surface area contributed by atoms with Crippen LogP contribution in [0.25, 0.3) is 0 Å². The third kappa shape index (κ3) is 2.26. The van der Waals surface area contributed by atoms with Gasteiger partial charge in [-0.3, -0.25) is 4.79 Å². The van der Waals surface area contributed by atoms with Crippen LogP contribution in [-0.2, 0) is 14.8 Å². The first-order chi connectivity index (χ1) is 8.36. The maximum Gasteiger partial charge on any atom is 0.324 e. The number of sulfonamides is 1. The molecule has 1 fully saturated rings. The summed E-state index contributed by atoms with van der Waals surface area (Å²) in [5.74, 6) is -1.11. The van der Waals surface area contributed by atoms with Gasteiger partial charge in [0, 0.05) is 0 Å². The zero-order valence-electron chi connectivity index (χ0n) is 10.0. The molecule has 0 heterocycles. The number of carboxylic acid groups (broad SMARTS) is 1. The normalized spacial score (nSPS) is 18.1. The third-order valence-electron chi connectivity index (χ3n) is 3.25. The molecule has 1 saturated carbocycles. The van der Waals surface area contributed by atoms with Crippen molar-refractivity contribution in [2.75, 3.05) is 0 Å². The van der Waals surface area contributed by atoms with Gasteiger partial charge < -0.3 is 5.11 Å². The number of aryl methyl sites for hydroxylation is 1. The van der Waals surface area contributed by atoms with Crippen molar-refractivity contribution in [3.63, 3.8) is 0 Å². The molecule has 0 aromatic heterocycles. The smallest absolute Gasteiger partial charge is 0.324 e. The van der Waals surface area contributed by atoms with Gasteiger partial charge in [0.1, 0.15) is 5.54 Å². The average Bonchev–Trinajstić information content (AvgIpc) is 2.23. The number of hydrogen-bond acceptors (Lipinski definition) is 3. The molecule has 0 atom stereocenters. The fourth-order valence-electron chi connectivity index (χ4n) is 1.99. The standard InChI is InChI=1S/C12H15NO4S/c1-9-4-2-5-10(8-9)18(16,17)13-12(11(14)15)6-3-7-12/h2,4-5,8,13H,3,6-7H2,1H3,(H,14,15). The molecule has 5 nitrogen and oxygen atoms in total. The van der Waals surface area contributed by atoms with Gasteiger partial charge in [-0.2, -0.15) is 4.72 Å². The first-order valence-corrected chi connectivity index (χ1v) is 7.18. The third-order valence-corrected chi connectivity index (χ3v) is 4.78. The molecule has 0 radical (unpaired) electrons. The van der Waals surface area contributed by atoms with Crippen LogP contribution in [0.15, 0.2) is 29.2 Å². The Morgan fingerprint density at radius 1 is 1.39 bits per heavy atom. The molecule has 2 rings (SSSR count). The minimum atomic E-state index is -3.78. The Labute approximate surface area is 106 Å². The lowest BCUT2D eigenvalue weighted by molar-refractivity contribution is -0.147. The summed E-state index contributed by atoms with van der Waals surface area (Å²) in [6.45, 7) is 1.79. The molecule has 6 heteroatoms. The number of carboxylic acids is 1. The summed E-state index contributed by atoms with van der Waals surface area (Å²) in [6.07, 6.45) is 1.41. The number of carbonyl (C=O) groups is 1. The van der Waals surface area contributed by atoms with Gasteiger partial charge >= 0.3 is 5.97 Å². The highest BCUT2D eigenvalue weighted by molar-refractivity contribution is 7.89. The van der Waals surface area contributed by atoms with Crippen molar-refractivity contribution in [3.8, 4) is 0 Å². The van der Waals surface area contributed by atoms with E-state index in [0.717, 1.165) is 12.0 Å². The van der Waals surface area contributed by atoms with E-state index in [1.165, 1.54) is 12.1 Å². The SMILES string of the molecule is Cc1cccc(S(=O)(=O)NC2(C(=O)O)CCC2)c1. The molecule has 1 aromatic rings. The molecule has 98 valence electrons. The molecule has 0 aliphatic heterocycles. The van der Waals surface area contributed by atoms with Crippen LogP contribution in [0, 0.1) is 6.92 Å². The topological polar surface area (TPSA) is 83.5 Å². The van der Waals surface area contributed by atoms with Gasteiger partial charge in [0.05, 0.1) is 4.90 Å². The van der Waals surface area contributed by atoms with Gasteiger partial charge in [0.25, 0.3) is 0 Å². The molecule has 0 amide bonds. The molecule has 18 heavy (non-hydrogen) atoms. The quantitative estimate of drug-likeness (QED) is 0.862. The van der Waals surface area contributed by atoms with Crippen molar-refractivity contribution in [1.29, 1.82) is 0 Å². The maximum absolute atomic E-state index is 12.1. The molecule has 1 aromatic carbocycles. The summed E-state index contributed by atoms with van der Waals surface area (Å²) >= 11 is 0.